The summed E-state index contributed by atoms with van der Waals surface area (Å²) in [4.78, 5) is 27.5. The first kappa shape index (κ1) is 17.3. The van der Waals surface area contributed by atoms with Crippen LogP contribution in [0.5, 0.6) is 0 Å². The summed E-state index contributed by atoms with van der Waals surface area (Å²) in [5, 5.41) is 4.26. The summed E-state index contributed by atoms with van der Waals surface area (Å²) < 4.78 is 1.80. The Kier molecular flexibility index (Phi) is 4.66. The Bertz CT molecular complexity index is 952. The predicted molar refractivity (Wildman–Crippen MR) is 101 cm³/mol. The summed E-state index contributed by atoms with van der Waals surface area (Å²) in [5.74, 6) is 0.155. The van der Waals surface area contributed by atoms with Crippen LogP contribution in [0.15, 0.2) is 43.1 Å². The van der Waals surface area contributed by atoms with Gasteiger partial charge in [-0.25, -0.2) is 4.98 Å². The van der Waals surface area contributed by atoms with Crippen LogP contribution in [0.25, 0.3) is 11.1 Å². The highest BCUT2D eigenvalue weighted by molar-refractivity contribution is 5.92. The summed E-state index contributed by atoms with van der Waals surface area (Å²) in [7, 11) is 1.91. The van der Waals surface area contributed by atoms with E-state index in [0.717, 1.165) is 41.9 Å². The van der Waals surface area contributed by atoms with Crippen LogP contribution >= 0.6 is 0 Å². The average molecular weight is 362 g/mol. The van der Waals surface area contributed by atoms with Crippen LogP contribution in [0.3, 0.4) is 0 Å². The number of rotatable bonds is 3. The molecule has 1 aliphatic rings. The molecule has 3 aromatic rings. The minimum Gasteiger partial charge on any atom is -0.337 e. The van der Waals surface area contributed by atoms with Crippen LogP contribution in [0.2, 0.25) is 0 Å². The summed E-state index contributed by atoms with van der Waals surface area (Å²) >= 11 is 0. The molecule has 1 fully saturated rings. The van der Waals surface area contributed by atoms with Crippen LogP contribution < -0.4 is 0 Å². The first-order chi connectivity index (χ1) is 13.1. The molecule has 1 saturated heterocycles. The maximum atomic E-state index is 12.7. The van der Waals surface area contributed by atoms with E-state index in [0.29, 0.717) is 12.2 Å². The van der Waals surface area contributed by atoms with Gasteiger partial charge in [-0.1, -0.05) is 0 Å². The van der Waals surface area contributed by atoms with Crippen molar-refractivity contribution in [3.8, 4) is 11.1 Å². The third-order valence-corrected chi connectivity index (χ3v) is 4.92. The van der Waals surface area contributed by atoms with E-state index in [9.17, 15) is 4.79 Å². The Labute approximate surface area is 158 Å². The molecule has 1 amide bonds. The molecule has 0 aromatic carbocycles. The quantitative estimate of drug-likeness (QED) is 0.716. The molecular formula is C20H22N6O. The number of nitrogens with zero attached hydrogens (tertiary/aromatic N) is 6. The molecule has 7 heteroatoms. The molecule has 0 spiro atoms. The van der Waals surface area contributed by atoms with Gasteiger partial charge < -0.3 is 4.90 Å². The van der Waals surface area contributed by atoms with Gasteiger partial charge in [-0.05, 0) is 37.5 Å². The molecule has 138 valence electrons. The van der Waals surface area contributed by atoms with Gasteiger partial charge in [-0.15, -0.1) is 0 Å². The molecule has 7 nitrogen and oxygen atoms in total. The molecule has 1 unspecified atom stereocenters. The van der Waals surface area contributed by atoms with E-state index in [1.807, 2.05) is 31.3 Å². The fraction of sp³-hybridized carbons (Fsp3) is 0.350. The van der Waals surface area contributed by atoms with Crippen LogP contribution in [0.4, 0.5) is 0 Å². The molecule has 0 saturated carbocycles. The molecule has 0 bridgehead atoms. The third-order valence-electron chi connectivity index (χ3n) is 4.92. The van der Waals surface area contributed by atoms with E-state index in [-0.39, 0.29) is 11.8 Å². The number of piperidine rings is 1. The van der Waals surface area contributed by atoms with Gasteiger partial charge in [0.05, 0.1) is 12.4 Å². The molecular weight excluding hydrogens is 340 g/mol. The van der Waals surface area contributed by atoms with E-state index < -0.39 is 0 Å². The number of hydrogen-bond donors (Lipinski definition) is 0. The number of pyridine rings is 1. The van der Waals surface area contributed by atoms with Crippen molar-refractivity contribution < 1.29 is 4.79 Å². The number of hydrogen-bond acceptors (Lipinski definition) is 5. The fourth-order valence-corrected chi connectivity index (χ4v) is 3.61. The topological polar surface area (TPSA) is 76.8 Å². The fourth-order valence-electron chi connectivity index (χ4n) is 3.61. The SMILES string of the molecule is Cc1cc(-c2cnn(C)c2)cc(C2CCCN(C(=O)c3cnccn3)C2)n1. The zero-order valence-corrected chi connectivity index (χ0v) is 15.5. The van der Waals surface area contributed by atoms with E-state index in [2.05, 4.69) is 27.2 Å². The smallest absolute Gasteiger partial charge is 0.274 e. The van der Waals surface area contributed by atoms with Crippen LogP contribution in [-0.2, 0) is 7.05 Å². The van der Waals surface area contributed by atoms with Gasteiger partial charge in [0.15, 0.2) is 0 Å². The summed E-state index contributed by atoms with van der Waals surface area (Å²) in [6.45, 7) is 3.40. The lowest BCUT2D eigenvalue weighted by molar-refractivity contribution is 0.0699. The Hall–Kier alpha value is -3.09. The van der Waals surface area contributed by atoms with Crippen molar-refractivity contribution in [1.29, 1.82) is 0 Å². The summed E-state index contributed by atoms with van der Waals surface area (Å²) in [5.41, 5.74) is 4.59. The molecule has 3 aromatic heterocycles. The Morgan fingerprint density at radius 2 is 2.07 bits per heavy atom. The zero-order chi connectivity index (χ0) is 18.8. The van der Waals surface area contributed by atoms with Gasteiger partial charge in [-0.3, -0.25) is 19.4 Å². The molecule has 0 aliphatic carbocycles. The maximum Gasteiger partial charge on any atom is 0.274 e. The number of amides is 1. The van der Waals surface area contributed by atoms with Crippen LogP contribution in [0, 0.1) is 6.92 Å². The van der Waals surface area contributed by atoms with Gasteiger partial charge in [0, 0.05) is 61.6 Å². The van der Waals surface area contributed by atoms with Crippen molar-refractivity contribution >= 4 is 5.91 Å². The molecule has 4 heterocycles. The summed E-state index contributed by atoms with van der Waals surface area (Å²) in [6.07, 6.45) is 10.5. The van der Waals surface area contributed by atoms with E-state index >= 15 is 0 Å². The predicted octanol–water partition coefficient (Wildman–Crippen LogP) is 2.60. The molecule has 1 atom stereocenters. The van der Waals surface area contributed by atoms with E-state index in [1.165, 1.54) is 6.20 Å². The Morgan fingerprint density at radius 1 is 1.19 bits per heavy atom. The minimum absolute atomic E-state index is 0.0621. The standard InChI is InChI=1S/C20H22N6O/c1-14-8-16(17-10-23-25(2)12-17)9-18(24-14)15-4-3-7-26(13-15)20(27)19-11-21-5-6-22-19/h5-6,8-12,15H,3-4,7,13H2,1-2H3. The second kappa shape index (κ2) is 7.26. The van der Waals surface area contributed by atoms with Crippen molar-refractivity contribution in [2.24, 2.45) is 7.05 Å². The van der Waals surface area contributed by atoms with E-state index in [4.69, 9.17) is 4.98 Å². The summed E-state index contributed by atoms with van der Waals surface area (Å²) in [6, 6.07) is 4.21. The third kappa shape index (κ3) is 3.72. The van der Waals surface area contributed by atoms with Crippen molar-refractivity contribution in [1.82, 2.24) is 29.6 Å². The number of aromatic nitrogens is 5. The van der Waals surface area contributed by atoms with Gasteiger partial charge in [-0.2, -0.15) is 5.10 Å². The highest BCUT2D eigenvalue weighted by Gasteiger charge is 2.27. The molecule has 4 rings (SSSR count). The average Bonchev–Trinajstić information content (AvgIpc) is 3.14. The monoisotopic (exact) mass is 362 g/mol. The molecule has 0 radical (unpaired) electrons. The van der Waals surface area contributed by atoms with Crippen molar-refractivity contribution in [2.75, 3.05) is 13.1 Å². The van der Waals surface area contributed by atoms with Gasteiger partial charge in [0.2, 0.25) is 0 Å². The first-order valence-electron chi connectivity index (χ1n) is 9.13. The molecule has 27 heavy (non-hydrogen) atoms. The Balaban J connectivity index is 1.58. The second-order valence-corrected chi connectivity index (χ2v) is 7.01. The minimum atomic E-state index is -0.0621. The second-order valence-electron chi connectivity index (χ2n) is 7.01. The van der Waals surface area contributed by atoms with Gasteiger partial charge >= 0.3 is 0 Å². The van der Waals surface area contributed by atoms with Crippen LogP contribution in [-0.4, -0.2) is 48.6 Å². The van der Waals surface area contributed by atoms with Crippen molar-refractivity contribution in [3.63, 3.8) is 0 Å². The van der Waals surface area contributed by atoms with Gasteiger partial charge in [0.1, 0.15) is 5.69 Å². The number of likely N-dealkylation sites (tertiary alicyclic amines) is 1. The lowest BCUT2D eigenvalue weighted by atomic mass is 9.92. The highest BCUT2D eigenvalue weighted by atomic mass is 16.2. The lowest BCUT2D eigenvalue weighted by Crippen LogP contribution is -2.39. The van der Waals surface area contributed by atoms with Crippen molar-refractivity contribution in [2.45, 2.75) is 25.7 Å². The Morgan fingerprint density at radius 3 is 2.81 bits per heavy atom. The normalized spacial score (nSPS) is 17.1. The highest BCUT2D eigenvalue weighted by Crippen LogP contribution is 2.30. The van der Waals surface area contributed by atoms with E-state index in [1.54, 1.807) is 17.1 Å². The zero-order valence-electron chi connectivity index (χ0n) is 15.5. The molecule has 0 N–H and O–H groups in total. The number of carbonyl (C=O) groups is 1. The van der Waals surface area contributed by atoms with Crippen LogP contribution in [0.1, 0.15) is 40.6 Å². The number of carbonyl (C=O) groups excluding carboxylic acids is 1. The molecule has 1 aliphatic heterocycles. The van der Waals surface area contributed by atoms with Crippen molar-refractivity contribution in [3.05, 3.63) is 60.2 Å². The maximum absolute atomic E-state index is 12.7. The lowest BCUT2D eigenvalue weighted by Gasteiger charge is -2.32. The largest absolute Gasteiger partial charge is 0.337 e. The first-order valence-corrected chi connectivity index (χ1v) is 9.13. The van der Waals surface area contributed by atoms with Gasteiger partial charge in [0.25, 0.3) is 5.91 Å². The number of aryl methyl sites for hydroxylation is 2.